The highest BCUT2D eigenvalue weighted by molar-refractivity contribution is 5.76. The summed E-state index contributed by atoms with van der Waals surface area (Å²) in [4.78, 5) is 14.3. The second-order valence-electron chi connectivity index (χ2n) is 5.65. The fourth-order valence-electron chi connectivity index (χ4n) is 2.88. The van der Waals surface area contributed by atoms with Crippen molar-refractivity contribution >= 4 is 5.91 Å². The number of nitrogens with one attached hydrogen (secondary N) is 1. The molecule has 0 aliphatic carbocycles. The number of aryl methyl sites for hydroxylation is 2. The quantitative estimate of drug-likeness (QED) is 0.864. The topological polar surface area (TPSA) is 32.3 Å². The Morgan fingerprint density at radius 3 is 2.85 bits per heavy atom. The second-order valence-corrected chi connectivity index (χ2v) is 5.65. The maximum Gasteiger partial charge on any atom is 0.222 e. The fraction of sp³-hybridized carbons (Fsp3) is 0.588. The first kappa shape index (κ1) is 15.0. The van der Waals surface area contributed by atoms with E-state index in [9.17, 15) is 4.79 Å². The normalized spacial score (nSPS) is 18.2. The molecule has 1 aromatic rings. The van der Waals surface area contributed by atoms with Gasteiger partial charge in [-0.15, -0.1) is 0 Å². The summed E-state index contributed by atoms with van der Waals surface area (Å²) in [7, 11) is 0. The highest BCUT2D eigenvalue weighted by atomic mass is 16.2. The smallest absolute Gasteiger partial charge is 0.222 e. The van der Waals surface area contributed by atoms with Gasteiger partial charge in [-0.25, -0.2) is 0 Å². The molecule has 0 bridgehead atoms. The zero-order valence-electron chi connectivity index (χ0n) is 12.7. The minimum Gasteiger partial charge on any atom is -0.341 e. The van der Waals surface area contributed by atoms with Gasteiger partial charge in [-0.3, -0.25) is 4.79 Å². The Kier molecular flexibility index (Phi) is 5.60. The molecule has 1 aliphatic heterocycles. The first-order valence-corrected chi connectivity index (χ1v) is 7.76. The van der Waals surface area contributed by atoms with Crippen LogP contribution in [0.3, 0.4) is 0 Å². The minimum absolute atomic E-state index is 0.282. The maximum atomic E-state index is 12.3. The average molecular weight is 274 g/mol. The monoisotopic (exact) mass is 274 g/mol. The summed E-state index contributed by atoms with van der Waals surface area (Å²) < 4.78 is 0. The zero-order chi connectivity index (χ0) is 14.4. The molecule has 2 rings (SSSR count). The van der Waals surface area contributed by atoms with E-state index in [0.29, 0.717) is 12.5 Å². The van der Waals surface area contributed by atoms with Crippen LogP contribution >= 0.6 is 0 Å². The molecule has 0 saturated carbocycles. The summed E-state index contributed by atoms with van der Waals surface area (Å²) in [6.07, 6.45) is 3.90. The van der Waals surface area contributed by atoms with Crippen LogP contribution in [0.25, 0.3) is 0 Å². The van der Waals surface area contributed by atoms with Crippen molar-refractivity contribution in [2.45, 2.75) is 45.6 Å². The molecule has 1 aliphatic rings. The predicted octanol–water partition coefficient (Wildman–Crippen LogP) is 2.53. The van der Waals surface area contributed by atoms with Crippen molar-refractivity contribution in [1.82, 2.24) is 10.2 Å². The third-order valence-electron chi connectivity index (χ3n) is 4.21. The van der Waals surface area contributed by atoms with Gasteiger partial charge in [0.25, 0.3) is 0 Å². The average Bonchev–Trinajstić information content (AvgIpc) is 2.96. The minimum atomic E-state index is 0.282. The molecule has 1 saturated heterocycles. The molecule has 1 N–H and O–H groups in total. The molecule has 20 heavy (non-hydrogen) atoms. The Morgan fingerprint density at radius 2 is 2.20 bits per heavy atom. The highest BCUT2D eigenvalue weighted by Crippen LogP contribution is 2.12. The molecular formula is C17H26N2O. The van der Waals surface area contributed by atoms with Crippen molar-refractivity contribution in [2.24, 2.45) is 0 Å². The van der Waals surface area contributed by atoms with Gasteiger partial charge in [0.2, 0.25) is 5.91 Å². The van der Waals surface area contributed by atoms with Crippen molar-refractivity contribution in [2.75, 3.05) is 19.6 Å². The molecule has 1 fully saturated rings. The molecule has 1 aromatic carbocycles. The molecule has 1 amide bonds. The zero-order valence-corrected chi connectivity index (χ0v) is 12.7. The Bertz CT molecular complexity index is 438. The van der Waals surface area contributed by atoms with E-state index in [1.165, 1.54) is 24.0 Å². The Labute approximate surface area is 122 Å². The lowest BCUT2D eigenvalue weighted by molar-refractivity contribution is -0.131. The Hall–Kier alpha value is -1.35. The number of carbonyl (C=O) groups excluding carboxylic acids is 1. The van der Waals surface area contributed by atoms with Gasteiger partial charge in [0.15, 0.2) is 0 Å². The van der Waals surface area contributed by atoms with Gasteiger partial charge >= 0.3 is 0 Å². The van der Waals surface area contributed by atoms with Crippen molar-refractivity contribution in [1.29, 1.82) is 0 Å². The van der Waals surface area contributed by atoms with E-state index in [-0.39, 0.29) is 5.91 Å². The largest absolute Gasteiger partial charge is 0.341 e. The molecule has 3 nitrogen and oxygen atoms in total. The summed E-state index contributed by atoms with van der Waals surface area (Å²) in [5.41, 5.74) is 2.57. The molecule has 3 heteroatoms. The summed E-state index contributed by atoms with van der Waals surface area (Å²) in [6.45, 7) is 6.95. The van der Waals surface area contributed by atoms with Gasteiger partial charge < -0.3 is 10.2 Å². The van der Waals surface area contributed by atoms with Gasteiger partial charge in [-0.05, 0) is 50.8 Å². The van der Waals surface area contributed by atoms with Gasteiger partial charge in [-0.2, -0.15) is 0 Å². The molecule has 0 aromatic heterocycles. The summed E-state index contributed by atoms with van der Waals surface area (Å²) in [6, 6.07) is 8.83. The second kappa shape index (κ2) is 7.44. The standard InChI is InChI=1S/C17H26N2O/c1-3-19(13-16-9-6-12-18-16)17(20)11-10-15-8-5-4-7-14(15)2/h4-5,7-8,16,18H,3,6,9-13H2,1-2H3. The summed E-state index contributed by atoms with van der Waals surface area (Å²) in [5, 5.41) is 3.47. The van der Waals surface area contributed by atoms with Crippen LogP contribution < -0.4 is 5.32 Å². The van der Waals surface area contributed by atoms with Crippen LogP contribution in [0.5, 0.6) is 0 Å². The van der Waals surface area contributed by atoms with E-state index in [2.05, 4.69) is 31.3 Å². The lowest BCUT2D eigenvalue weighted by Crippen LogP contribution is -2.41. The van der Waals surface area contributed by atoms with E-state index in [0.717, 1.165) is 26.1 Å². The van der Waals surface area contributed by atoms with Gasteiger partial charge in [-0.1, -0.05) is 24.3 Å². The van der Waals surface area contributed by atoms with Gasteiger partial charge in [0.1, 0.15) is 0 Å². The number of benzene rings is 1. The van der Waals surface area contributed by atoms with Crippen molar-refractivity contribution in [3.8, 4) is 0 Å². The van der Waals surface area contributed by atoms with Crippen molar-refractivity contribution in [3.63, 3.8) is 0 Å². The molecule has 0 radical (unpaired) electrons. The van der Waals surface area contributed by atoms with Crippen molar-refractivity contribution in [3.05, 3.63) is 35.4 Å². The molecule has 1 atom stereocenters. The van der Waals surface area contributed by atoms with E-state index < -0.39 is 0 Å². The van der Waals surface area contributed by atoms with Crippen molar-refractivity contribution < 1.29 is 4.79 Å². The molecule has 110 valence electrons. The number of likely N-dealkylation sites (N-methyl/N-ethyl adjacent to an activating group) is 1. The first-order valence-electron chi connectivity index (χ1n) is 7.76. The van der Waals surface area contributed by atoms with Gasteiger partial charge in [0.05, 0.1) is 0 Å². The third-order valence-corrected chi connectivity index (χ3v) is 4.21. The highest BCUT2D eigenvalue weighted by Gasteiger charge is 2.20. The van der Waals surface area contributed by atoms with E-state index in [1.807, 2.05) is 17.0 Å². The Morgan fingerprint density at radius 1 is 1.40 bits per heavy atom. The first-order chi connectivity index (χ1) is 9.70. The fourth-order valence-corrected chi connectivity index (χ4v) is 2.88. The van der Waals surface area contributed by atoms with Crippen LogP contribution in [0, 0.1) is 6.92 Å². The van der Waals surface area contributed by atoms with E-state index in [1.54, 1.807) is 0 Å². The van der Waals surface area contributed by atoms with Crippen LogP contribution in [-0.4, -0.2) is 36.5 Å². The SMILES string of the molecule is CCN(CC1CCCN1)C(=O)CCc1ccccc1C. The van der Waals surface area contributed by atoms with Crippen LogP contribution in [0.15, 0.2) is 24.3 Å². The Balaban J connectivity index is 1.84. The van der Waals surface area contributed by atoms with Gasteiger partial charge in [0, 0.05) is 25.6 Å². The van der Waals surface area contributed by atoms with Crippen LogP contribution in [0.2, 0.25) is 0 Å². The van der Waals surface area contributed by atoms with Crippen LogP contribution in [0.1, 0.15) is 37.3 Å². The van der Waals surface area contributed by atoms with E-state index >= 15 is 0 Å². The number of rotatable bonds is 6. The number of carbonyl (C=O) groups is 1. The molecule has 0 spiro atoms. The van der Waals surface area contributed by atoms with Crippen LogP contribution in [0.4, 0.5) is 0 Å². The van der Waals surface area contributed by atoms with E-state index in [4.69, 9.17) is 0 Å². The number of nitrogens with zero attached hydrogens (tertiary/aromatic N) is 1. The lowest BCUT2D eigenvalue weighted by Gasteiger charge is -2.24. The summed E-state index contributed by atoms with van der Waals surface area (Å²) >= 11 is 0. The summed E-state index contributed by atoms with van der Waals surface area (Å²) in [5.74, 6) is 0.282. The third kappa shape index (κ3) is 4.07. The number of hydrogen-bond donors (Lipinski definition) is 1. The molecular weight excluding hydrogens is 248 g/mol. The predicted molar refractivity (Wildman–Crippen MR) is 82.8 cm³/mol. The molecule has 1 heterocycles. The lowest BCUT2D eigenvalue weighted by atomic mass is 10.0. The number of hydrogen-bond acceptors (Lipinski definition) is 2. The maximum absolute atomic E-state index is 12.3. The van der Waals surface area contributed by atoms with Crippen LogP contribution in [-0.2, 0) is 11.2 Å². The number of amides is 1. The molecule has 1 unspecified atom stereocenters.